The summed E-state index contributed by atoms with van der Waals surface area (Å²) in [4.78, 5) is 39.3. The number of aliphatic hydroxyl groups excluding tert-OH is 2. The van der Waals surface area contributed by atoms with E-state index in [1.165, 1.54) is 10.9 Å². The summed E-state index contributed by atoms with van der Waals surface area (Å²) in [6, 6.07) is 8.82. The molecule has 5 atom stereocenters. The molecule has 4 heterocycles. The second-order valence-corrected chi connectivity index (χ2v) is 9.20. The molecule has 0 spiro atoms. The highest BCUT2D eigenvalue weighted by molar-refractivity contribution is 5.81. The summed E-state index contributed by atoms with van der Waals surface area (Å²) in [5.74, 6) is -0.611. The highest BCUT2D eigenvalue weighted by atomic mass is 16.6. The molecular formula is C24H29N9O6. The molecule has 0 radical (unpaired) electrons. The standard InChI is InChI=1S/C24H29N9O6/c25-15(6-14-7-27-10-32(14)12-38-9-13-4-2-1-3-5-13)21(36)28-8-16-18(34)19(35)23(39-16)33-11-29-17-20(33)30-24(26)31-22(17)37/h1-5,7,10-11,15-16,18-19,23,34-35H,6,8-9,12,25H2,(H,28,36)(H3,26,30,31,37)/t15-,16-,18-,19-,23-/m1/s1. The van der Waals surface area contributed by atoms with Gasteiger partial charge in [0.1, 0.15) is 25.0 Å². The van der Waals surface area contributed by atoms with E-state index in [2.05, 4.69) is 25.3 Å². The Morgan fingerprint density at radius 2 is 2.03 bits per heavy atom. The van der Waals surface area contributed by atoms with Gasteiger partial charge in [-0.1, -0.05) is 30.3 Å². The lowest BCUT2D eigenvalue weighted by molar-refractivity contribution is -0.123. The molecule has 15 nitrogen and oxygen atoms in total. The van der Waals surface area contributed by atoms with Crippen molar-refractivity contribution in [2.24, 2.45) is 5.73 Å². The topological polar surface area (TPSA) is 221 Å². The number of aromatic amines is 1. The van der Waals surface area contributed by atoms with Crippen LogP contribution in [0.25, 0.3) is 11.2 Å². The van der Waals surface area contributed by atoms with Crippen molar-refractivity contribution in [2.45, 2.75) is 50.3 Å². The molecule has 1 amide bonds. The zero-order chi connectivity index (χ0) is 27.5. The lowest BCUT2D eigenvalue weighted by Crippen LogP contribution is -2.47. The van der Waals surface area contributed by atoms with Crippen molar-refractivity contribution >= 4 is 23.0 Å². The molecule has 15 heteroatoms. The van der Waals surface area contributed by atoms with Gasteiger partial charge in [0.2, 0.25) is 11.9 Å². The molecule has 5 rings (SSSR count). The normalized spacial score (nSPS) is 21.8. The first-order valence-electron chi connectivity index (χ1n) is 12.2. The number of aliphatic hydroxyl groups is 2. The van der Waals surface area contributed by atoms with Crippen molar-refractivity contribution in [3.63, 3.8) is 0 Å². The molecule has 1 fully saturated rings. The van der Waals surface area contributed by atoms with Crippen LogP contribution in [0, 0.1) is 0 Å². The molecule has 1 aliphatic rings. The van der Waals surface area contributed by atoms with Gasteiger partial charge in [-0.15, -0.1) is 0 Å². The summed E-state index contributed by atoms with van der Waals surface area (Å²) >= 11 is 0. The minimum absolute atomic E-state index is 0.00178. The lowest BCUT2D eigenvalue weighted by atomic mass is 10.1. The number of amides is 1. The maximum absolute atomic E-state index is 12.7. The van der Waals surface area contributed by atoms with Gasteiger partial charge in [-0.05, 0) is 5.56 Å². The van der Waals surface area contributed by atoms with Gasteiger partial charge < -0.3 is 41.0 Å². The van der Waals surface area contributed by atoms with Gasteiger partial charge in [0.25, 0.3) is 5.56 Å². The number of carbonyl (C=O) groups excluding carboxylic acids is 1. The first-order valence-corrected chi connectivity index (χ1v) is 12.2. The zero-order valence-electron chi connectivity index (χ0n) is 20.8. The van der Waals surface area contributed by atoms with Gasteiger partial charge in [-0.2, -0.15) is 4.98 Å². The fourth-order valence-corrected chi connectivity index (χ4v) is 4.38. The van der Waals surface area contributed by atoms with Crippen LogP contribution in [0.2, 0.25) is 0 Å². The van der Waals surface area contributed by atoms with Crippen molar-refractivity contribution in [2.75, 3.05) is 12.3 Å². The minimum Gasteiger partial charge on any atom is -0.387 e. The molecule has 4 aromatic rings. The Morgan fingerprint density at radius 1 is 1.23 bits per heavy atom. The Morgan fingerprint density at radius 3 is 2.82 bits per heavy atom. The van der Waals surface area contributed by atoms with Crippen LogP contribution in [0.4, 0.5) is 5.95 Å². The predicted molar refractivity (Wildman–Crippen MR) is 137 cm³/mol. The first-order chi connectivity index (χ1) is 18.8. The van der Waals surface area contributed by atoms with Crippen molar-refractivity contribution in [1.82, 2.24) is 34.4 Å². The molecular weight excluding hydrogens is 510 g/mol. The van der Waals surface area contributed by atoms with Gasteiger partial charge in [0.15, 0.2) is 17.4 Å². The first kappa shape index (κ1) is 26.5. The Balaban J connectivity index is 1.15. The van der Waals surface area contributed by atoms with Crippen molar-refractivity contribution in [3.05, 3.63) is 70.8 Å². The number of anilines is 1. The molecule has 206 valence electrons. The molecule has 0 saturated carbocycles. The number of fused-ring (bicyclic) bond motifs is 1. The van der Waals surface area contributed by atoms with Crippen LogP contribution in [0.5, 0.6) is 0 Å². The van der Waals surface area contributed by atoms with Crippen LogP contribution in [-0.4, -0.2) is 76.1 Å². The van der Waals surface area contributed by atoms with Gasteiger partial charge in [-0.25, -0.2) is 9.97 Å². The van der Waals surface area contributed by atoms with E-state index in [0.29, 0.717) is 12.3 Å². The molecule has 1 saturated heterocycles. The third kappa shape index (κ3) is 5.67. The van der Waals surface area contributed by atoms with E-state index in [-0.39, 0.29) is 36.8 Å². The molecule has 0 unspecified atom stereocenters. The molecule has 1 aliphatic heterocycles. The smallest absolute Gasteiger partial charge is 0.280 e. The van der Waals surface area contributed by atoms with Crippen LogP contribution in [-0.2, 0) is 34.0 Å². The Bertz CT molecular complexity index is 1490. The number of H-pyrrole nitrogens is 1. The molecule has 0 bridgehead atoms. The largest absolute Gasteiger partial charge is 0.387 e. The van der Waals surface area contributed by atoms with Crippen LogP contribution < -0.4 is 22.3 Å². The molecule has 39 heavy (non-hydrogen) atoms. The zero-order valence-corrected chi connectivity index (χ0v) is 20.8. The fourth-order valence-electron chi connectivity index (χ4n) is 4.38. The minimum atomic E-state index is -1.38. The van der Waals surface area contributed by atoms with Gasteiger partial charge in [-0.3, -0.25) is 19.1 Å². The Kier molecular flexibility index (Phi) is 7.67. The summed E-state index contributed by atoms with van der Waals surface area (Å²) in [5, 5.41) is 23.8. The van der Waals surface area contributed by atoms with Gasteiger partial charge in [0.05, 0.1) is 25.3 Å². The van der Waals surface area contributed by atoms with Crippen molar-refractivity contribution in [1.29, 1.82) is 0 Å². The number of hydrogen-bond acceptors (Lipinski definition) is 11. The number of nitrogens with one attached hydrogen (secondary N) is 2. The highest BCUT2D eigenvalue weighted by Crippen LogP contribution is 2.30. The fraction of sp³-hybridized carbons (Fsp3) is 0.375. The Labute approximate surface area is 221 Å². The van der Waals surface area contributed by atoms with E-state index < -0.39 is 42.0 Å². The third-order valence-corrected chi connectivity index (χ3v) is 6.45. The third-order valence-electron chi connectivity index (χ3n) is 6.45. The van der Waals surface area contributed by atoms with Crippen molar-refractivity contribution in [3.8, 4) is 0 Å². The second kappa shape index (κ2) is 11.3. The summed E-state index contributed by atoms with van der Waals surface area (Å²) in [5.41, 5.74) is 13.0. The SMILES string of the molecule is Nc1nc2c(ncn2[C@@H]2O[C@H](CNC(=O)[C@H](N)Cc3cncn3COCc3ccccc3)[C@@H](O)[C@H]2O)c(=O)[nH]1. The maximum Gasteiger partial charge on any atom is 0.280 e. The summed E-state index contributed by atoms with van der Waals surface area (Å²) in [6.07, 6.45) is -0.124. The molecule has 1 aromatic carbocycles. The monoisotopic (exact) mass is 539 g/mol. The highest BCUT2D eigenvalue weighted by Gasteiger charge is 2.44. The van der Waals surface area contributed by atoms with E-state index >= 15 is 0 Å². The Hall–Kier alpha value is -4.15. The number of hydrogen-bond donors (Lipinski definition) is 6. The van der Waals surface area contributed by atoms with E-state index in [1.54, 1.807) is 17.1 Å². The van der Waals surface area contributed by atoms with Gasteiger partial charge >= 0.3 is 0 Å². The summed E-state index contributed by atoms with van der Waals surface area (Å²) in [7, 11) is 0. The number of nitrogens with zero attached hydrogens (tertiary/aromatic N) is 5. The average molecular weight is 540 g/mol. The predicted octanol–water partition coefficient (Wildman–Crippen LogP) is -1.62. The number of ether oxygens (including phenoxy) is 2. The number of benzene rings is 1. The lowest BCUT2D eigenvalue weighted by Gasteiger charge is -2.18. The number of aromatic nitrogens is 6. The van der Waals surface area contributed by atoms with E-state index in [1.807, 2.05) is 30.3 Å². The number of rotatable bonds is 10. The average Bonchev–Trinajstić information content (AvgIpc) is 3.62. The van der Waals surface area contributed by atoms with Crippen molar-refractivity contribution < 1.29 is 24.5 Å². The van der Waals surface area contributed by atoms with E-state index in [0.717, 1.165) is 5.56 Å². The van der Waals surface area contributed by atoms with Crippen LogP contribution >= 0.6 is 0 Å². The number of nitrogen functional groups attached to an aromatic ring is 1. The van der Waals surface area contributed by atoms with Crippen LogP contribution in [0.1, 0.15) is 17.5 Å². The summed E-state index contributed by atoms with van der Waals surface area (Å²) in [6.45, 7) is 0.551. The number of carbonyl (C=O) groups is 1. The number of imidazole rings is 2. The van der Waals surface area contributed by atoms with E-state index in [9.17, 15) is 19.8 Å². The molecule has 0 aliphatic carbocycles. The second-order valence-electron chi connectivity index (χ2n) is 9.20. The number of nitrogens with two attached hydrogens (primary N) is 2. The summed E-state index contributed by atoms with van der Waals surface area (Å²) < 4.78 is 14.6. The van der Waals surface area contributed by atoms with Gasteiger partial charge in [0, 0.05) is 24.9 Å². The van der Waals surface area contributed by atoms with Crippen LogP contribution in [0.15, 0.2) is 54.0 Å². The van der Waals surface area contributed by atoms with E-state index in [4.69, 9.17) is 20.9 Å². The maximum atomic E-state index is 12.7. The molecule has 3 aromatic heterocycles. The molecule has 8 N–H and O–H groups in total. The quantitative estimate of drug-likeness (QED) is 0.134. The van der Waals surface area contributed by atoms with Crippen LogP contribution in [0.3, 0.4) is 0 Å².